The Hall–Kier alpha value is -2.72. The molecule has 170 valence electrons. The van der Waals surface area contributed by atoms with Crippen molar-refractivity contribution in [3.8, 4) is 0 Å². The van der Waals surface area contributed by atoms with E-state index in [1.807, 2.05) is 6.07 Å². The Kier molecular flexibility index (Phi) is 6.09. The Balaban J connectivity index is 1.56. The normalized spacial score (nSPS) is 17.9. The number of benzene rings is 1. The maximum Gasteiger partial charge on any atom is 0.295 e. The molecule has 32 heavy (non-hydrogen) atoms. The highest BCUT2D eigenvalue weighted by Crippen LogP contribution is 2.30. The van der Waals surface area contributed by atoms with Crippen molar-refractivity contribution in [1.82, 2.24) is 24.5 Å². The molecular weight excluding hydrogens is 463 g/mol. The van der Waals surface area contributed by atoms with Crippen molar-refractivity contribution in [3.05, 3.63) is 51.0 Å². The van der Waals surface area contributed by atoms with Gasteiger partial charge in [-0.25, -0.2) is 13.5 Å². The van der Waals surface area contributed by atoms with Gasteiger partial charge in [-0.15, -0.1) is 5.10 Å². The zero-order chi connectivity index (χ0) is 23.2. The number of hydrogen-bond donors (Lipinski definition) is 2. The topological polar surface area (TPSA) is 89.7 Å². The predicted molar refractivity (Wildman–Crippen MR) is 118 cm³/mol. The van der Waals surface area contributed by atoms with E-state index in [9.17, 15) is 13.6 Å². The molecule has 0 spiro atoms. The van der Waals surface area contributed by atoms with Gasteiger partial charge in [0.25, 0.3) is 12.3 Å². The minimum Gasteiger partial charge on any atom is -0.352 e. The number of halogens is 4. The van der Waals surface area contributed by atoms with E-state index in [2.05, 4.69) is 25.8 Å². The molecule has 0 radical (unpaired) electrons. The Bertz CT molecular complexity index is 1180. The number of carbonyl (C=O) groups is 1. The van der Waals surface area contributed by atoms with Gasteiger partial charge in [-0.05, 0) is 44.9 Å². The fourth-order valence-corrected chi connectivity index (χ4v) is 4.18. The lowest BCUT2D eigenvalue weighted by Gasteiger charge is -2.28. The highest BCUT2D eigenvalue weighted by molar-refractivity contribution is 6.35. The number of nitrogens with one attached hydrogen (secondary N) is 2. The van der Waals surface area contributed by atoms with E-state index in [0.717, 1.165) is 10.2 Å². The van der Waals surface area contributed by atoms with Gasteiger partial charge < -0.3 is 10.6 Å². The predicted octanol–water partition coefficient (Wildman–Crippen LogP) is 4.71. The van der Waals surface area contributed by atoms with Gasteiger partial charge in [0, 0.05) is 16.1 Å². The second kappa shape index (κ2) is 8.67. The summed E-state index contributed by atoms with van der Waals surface area (Å²) >= 11 is 12.2. The number of rotatable bonds is 5. The van der Waals surface area contributed by atoms with Gasteiger partial charge >= 0.3 is 0 Å². The molecule has 8 nitrogen and oxygen atoms in total. The van der Waals surface area contributed by atoms with Crippen LogP contribution in [0.5, 0.6) is 0 Å². The molecule has 1 amide bonds. The van der Waals surface area contributed by atoms with E-state index < -0.39 is 18.4 Å². The standard InChI is InChI=1S/C20H21Cl2F2N7O/c1-9-6-15(17(23)24)31-20(25-9)27-18(29-31)19(32)26-16-10(2)28-30(11(16)3)8-12-4-5-13(21)7-14(12)22/h4-5,7,9,15,17H,6,8H2,1-3H3,(H,26,32)(H,25,27,29)/t9-,15+/m0/s1. The molecule has 3 aromatic rings. The highest BCUT2D eigenvalue weighted by atomic mass is 35.5. The lowest BCUT2D eigenvalue weighted by atomic mass is 10.1. The van der Waals surface area contributed by atoms with Crippen LogP contribution in [0.15, 0.2) is 18.2 Å². The summed E-state index contributed by atoms with van der Waals surface area (Å²) in [5.74, 6) is -0.648. The van der Waals surface area contributed by atoms with Gasteiger partial charge in [-0.3, -0.25) is 9.48 Å². The molecule has 1 aliphatic heterocycles. The average Bonchev–Trinajstić information content (AvgIpc) is 3.25. The maximum atomic E-state index is 13.4. The van der Waals surface area contributed by atoms with E-state index in [0.29, 0.717) is 33.7 Å². The Labute approximate surface area is 192 Å². The van der Waals surface area contributed by atoms with Crippen LogP contribution in [0.3, 0.4) is 0 Å². The number of anilines is 2. The lowest BCUT2D eigenvalue weighted by molar-refractivity contribution is 0.0662. The van der Waals surface area contributed by atoms with Crippen molar-refractivity contribution < 1.29 is 13.6 Å². The Morgan fingerprint density at radius 1 is 1.31 bits per heavy atom. The van der Waals surface area contributed by atoms with Gasteiger partial charge in [-0.2, -0.15) is 10.1 Å². The molecule has 3 heterocycles. The minimum absolute atomic E-state index is 0.153. The molecule has 1 aromatic carbocycles. The lowest BCUT2D eigenvalue weighted by Crippen LogP contribution is -2.33. The summed E-state index contributed by atoms with van der Waals surface area (Å²) < 4.78 is 29.6. The van der Waals surface area contributed by atoms with Crippen LogP contribution in [0, 0.1) is 13.8 Å². The van der Waals surface area contributed by atoms with E-state index in [1.165, 1.54) is 0 Å². The van der Waals surface area contributed by atoms with Crippen LogP contribution in [-0.4, -0.2) is 42.9 Å². The molecule has 0 bridgehead atoms. The summed E-state index contributed by atoms with van der Waals surface area (Å²) in [5.41, 5.74) is 2.60. The SMILES string of the molecule is Cc1nn(Cc2ccc(Cl)cc2Cl)c(C)c1NC(=O)c1nc2n(n1)[C@@H](C(F)F)C[C@H](C)N2. The first-order chi connectivity index (χ1) is 15.1. The van der Waals surface area contributed by atoms with Crippen LogP contribution in [0.1, 0.15) is 47.0 Å². The fraction of sp³-hybridized carbons (Fsp3) is 0.400. The van der Waals surface area contributed by atoms with Gasteiger partial charge in [0.1, 0.15) is 6.04 Å². The summed E-state index contributed by atoms with van der Waals surface area (Å²) in [4.78, 5) is 16.9. The van der Waals surface area contributed by atoms with Crippen LogP contribution in [0.25, 0.3) is 0 Å². The van der Waals surface area contributed by atoms with Crippen LogP contribution >= 0.6 is 23.2 Å². The molecule has 4 rings (SSSR count). The molecule has 0 aliphatic carbocycles. The second-order valence-electron chi connectivity index (χ2n) is 7.78. The zero-order valence-corrected chi connectivity index (χ0v) is 19.0. The Morgan fingerprint density at radius 2 is 2.06 bits per heavy atom. The zero-order valence-electron chi connectivity index (χ0n) is 17.5. The maximum absolute atomic E-state index is 13.4. The van der Waals surface area contributed by atoms with E-state index in [1.54, 1.807) is 37.6 Å². The first-order valence-corrected chi connectivity index (χ1v) is 10.7. The molecule has 2 aromatic heterocycles. The second-order valence-corrected chi connectivity index (χ2v) is 8.62. The third-order valence-corrected chi connectivity index (χ3v) is 5.95. The highest BCUT2D eigenvalue weighted by Gasteiger charge is 2.34. The molecule has 2 atom stereocenters. The molecule has 1 aliphatic rings. The molecule has 0 unspecified atom stereocenters. The molecule has 0 saturated carbocycles. The first kappa shape index (κ1) is 22.5. The fourth-order valence-electron chi connectivity index (χ4n) is 3.71. The van der Waals surface area contributed by atoms with Crippen molar-refractivity contribution in [2.45, 2.75) is 52.2 Å². The van der Waals surface area contributed by atoms with Crippen molar-refractivity contribution in [2.24, 2.45) is 0 Å². The van der Waals surface area contributed by atoms with Crippen LogP contribution in [-0.2, 0) is 6.54 Å². The van der Waals surface area contributed by atoms with Crippen LogP contribution < -0.4 is 10.6 Å². The number of carbonyl (C=O) groups excluding carboxylic acids is 1. The number of aryl methyl sites for hydroxylation is 1. The molecule has 12 heteroatoms. The van der Waals surface area contributed by atoms with E-state index in [4.69, 9.17) is 23.2 Å². The van der Waals surface area contributed by atoms with Crippen LogP contribution in [0.2, 0.25) is 10.0 Å². The van der Waals surface area contributed by atoms with Gasteiger partial charge in [0.15, 0.2) is 0 Å². The average molecular weight is 484 g/mol. The number of hydrogen-bond acceptors (Lipinski definition) is 5. The van der Waals surface area contributed by atoms with Crippen molar-refractivity contribution in [3.63, 3.8) is 0 Å². The molecule has 0 saturated heterocycles. The third kappa shape index (κ3) is 4.29. The number of aromatic nitrogens is 5. The first-order valence-electron chi connectivity index (χ1n) is 9.94. The van der Waals surface area contributed by atoms with E-state index in [-0.39, 0.29) is 24.2 Å². The summed E-state index contributed by atoms with van der Waals surface area (Å²) in [7, 11) is 0. The number of nitrogens with zero attached hydrogens (tertiary/aromatic N) is 5. The summed E-state index contributed by atoms with van der Waals surface area (Å²) in [6, 6.07) is 3.87. The quantitative estimate of drug-likeness (QED) is 0.548. The molecule has 2 N–H and O–H groups in total. The van der Waals surface area contributed by atoms with Crippen molar-refractivity contribution in [1.29, 1.82) is 0 Å². The minimum atomic E-state index is -2.61. The van der Waals surface area contributed by atoms with Crippen molar-refractivity contribution >= 4 is 40.7 Å². The number of fused-ring (bicyclic) bond motifs is 1. The van der Waals surface area contributed by atoms with Gasteiger partial charge in [0.2, 0.25) is 11.8 Å². The summed E-state index contributed by atoms with van der Waals surface area (Å²) in [5, 5.41) is 15.3. The molecule has 0 fully saturated rings. The largest absolute Gasteiger partial charge is 0.352 e. The molecular formula is C20H21Cl2F2N7O. The van der Waals surface area contributed by atoms with Crippen LogP contribution in [0.4, 0.5) is 20.4 Å². The van der Waals surface area contributed by atoms with Gasteiger partial charge in [0.05, 0.1) is 23.6 Å². The van der Waals surface area contributed by atoms with Gasteiger partial charge in [-0.1, -0.05) is 29.3 Å². The number of alkyl halides is 2. The smallest absolute Gasteiger partial charge is 0.295 e. The summed E-state index contributed by atoms with van der Waals surface area (Å²) in [6.45, 7) is 5.72. The monoisotopic (exact) mass is 483 g/mol. The number of amides is 1. The summed E-state index contributed by atoms with van der Waals surface area (Å²) in [6.07, 6.45) is -2.42. The Morgan fingerprint density at radius 3 is 2.75 bits per heavy atom. The third-order valence-electron chi connectivity index (χ3n) is 5.37. The van der Waals surface area contributed by atoms with E-state index >= 15 is 0 Å². The van der Waals surface area contributed by atoms with Crippen molar-refractivity contribution in [2.75, 3.05) is 10.6 Å².